The number of amides is 1. The van der Waals surface area contributed by atoms with E-state index in [0.717, 1.165) is 25.4 Å². The molecule has 1 aliphatic carbocycles. The Labute approximate surface area is 123 Å². The van der Waals surface area contributed by atoms with Crippen molar-refractivity contribution >= 4 is 5.91 Å². The van der Waals surface area contributed by atoms with Gasteiger partial charge in [-0.05, 0) is 44.7 Å². The third-order valence-corrected chi connectivity index (χ3v) is 5.34. The summed E-state index contributed by atoms with van der Waals surface area (Å²) in [7, 11) is 1.99. The van der Waals surface area contributed by atoms with Gasteiger partial charge in [-0.2, -0.15) is 0 Å². The van der Waals surface area contributed by atoms with E-state index in [0.29, 0.717) is 24.5 Å². The first-order valence-corrected chi connectivity index (χ1v) is 8.29. The van der Waals surface area contributed by atoms with Crippen LogP contribution in [0.25, 0.3) is 0 Å². The summed E-state index contributed by atoms with van der Waals surface area (Å²) >= 11 is 0. The van der Waals surface area contributed by atoms with Crippen LogP contribution in [0.4, 0.5) is 0 Å². The summed E-state index contributed by atoms with van der Waals surface area (Å²) in [6.07, 6.45) is 6.14. The average molecular weight is 281 g/mol. The maximum atomic E-state index is 12.3. The molecule has 1 amide bonds. The second kappa shape index (κ2) is 7.41. The summed E-state index contributed by atoms with van der Waals surface area (Å²) in [5.41, 5.74) is 0. The van der Waals surface area contributed by atoms with Crippen LogP contribution in [0.2, 0.25) is 0 Å². The van der Waals surface area contributed by atoms with E-state index in [4.69, 9.17) is 0 Å². The molecule has 2 N–H and O–H groups in total. The molecule has 116 valence electrons. The Kier molecular flexibility index (Phi) is 5.85. The molecular formula is C16H31N3O. The van der Waals surface area contributed by atoms with Gasteiger partial charge in [0.25, 0.3) is 0 Å². The Hall–Kier alpha value is -0.610. The molecule has 4 heteroatoms. The molecule has 0 spiro atoms. The fourth-order valence-corrected chi connectivity index (χ4v) is 3.79. The second-order valence-electron chi connectivity index (χ2n) is 6.77. The van der Waals surface area contributed by atoms with E-state index >= 15 is 0 Å². The SMILES string of the molecule is CNCC1CCCN1CC(=O)NC1CCCC(C)C1C. The largest absolute Gasteiger partial charge is 0.352 e. The number of hydrogen-bond acceptors (Lipinski definition) is 3. The molecule has 1 aliphatic heterocycles. The molecule has 2 aliphatic rings. The van der Waals surface area contributed by atoms with Crippen LogP contribution in [-0.4, -0.2) is 49.6 Å². The molecule has 1 heterocycles. The van der Waals surface area contributed by atoms with Crippen molar-refractivity contribution in [1.29, 1.82) is 0 Å². The maximum absolute atomic E-state index is 12.3. The summed E-state index contributed by atoms with van der Waals surface area (Å²) in [6, 6.07) is 0.921. The third-order valence-electron chi connectivity index (χ3n) is 5.34. The summed E-state index contributed by atoms with van der Waals surface area (Å²) in [4.78, 5) is 14.6. The number of carbonyl (C=O) groups excluding carboxylic acids is 1. The Morgan fingerprint density at radius 3 is 2.75 bits per heavy atom. The van der Waals surface area contributed by atoms with Crippen LogP contribution in [0, 0.1) is 11.8 Å². The summed E-state index contributed by atoms with van der Waals surface area (Å²) in [5.74, 6) is 1.57. The molecule has 0 bridgehead atoms. The van der Waals surface area contributed by atoms with E-state index in [2.05, 4.69) is 29.4 Å². The molecule has 1 saturated heterocycles. The first kappa shape index (κ1) is 15.8. The summed E-state index contributed by atoms with van der Waals surface area (Å²) in [5, 5.41) is 6.52. The van der Waals surface area contributed by atoms with E-state index < -0.39 is 0 Å². The Balaban J connectivity index is 1.80. The number of likely N-dealkylation sites (N-methyl/N-ethyl adjacent to an activating group) is 1. The van der Waals surface area contributed by atoms with Crippen molar-refractivity contribution in [2.24, 2.45) is 11.8 Å². The molecule has 0 aromatic rings. The molecule has 20 heavy (non-hydrogen) atoms. The minimum atomic E-state index is 0.221. The lowest BCUT2D eigenvalue weighted by Crippen LogP contribution is -2.49. The predicted molar refractivity (Wildman–Crippen MR) is 82.6 cm³/mol. The van der Waals surface area contributed by atoms with Gasteiger partial charge in [0.2, 0.25) is 5.91 Å². The Bertz CT molecular complexity index is 321. The fourth-order valence-electron chi connectivity index (χ4n) is 3.79. The molecule has 0 aromatic carbocycles. The monoisotopic (exact) mass is 281 g/mol. The van der Waals surface area contributed by atoms with E-state index in [1.165, 1.54) is 25.7 Å². The Morgan fingerprint density at radius 1 is 1.20 bits per heavy atom. The number of rotatable bonds is 5. The van der Waals surface area contributed by atoms with Crippen molar-refractivity contribution in [3.8, 4) is 0 Å². The van der Waals surface area contributed by atoms with Gasteiger partial charge in [0.1, 0.15) is 0 Å². The van der Waals surface area contributed by atoms with E-state index in [1.807, 2.05) is 7.05 Å². The highest BCUT2D eigenvalue weighted by Crippen LogP contribution is 2.29. The summed E-state index contributed by atoms with van der Waals surface area (Å²) in [6.45, 7) is 7.23. The molecule has 4 unspecified atom stereocenters. The minimum absolute atomic E-state index is 0.221. The van der Waals surface area contributed by atoms with Crippen LogP contribution in [0.15, 0.2) is 0 Å². The second-order valence-corrected chi connectivity index (χ2v) is 6.77. The number of nitrogens with one attached hydrogen (secondary N) is 2. The van der Waals surface area contributed by atoms with Gasteiger partial charge in [-0.1, -0.05) is 26.7 Å². The zero-order valence-electron chi connectivity index (χ0n) is 13.3. The lowest BCUT2D eigenvalue weighted by Gasteiger charge is -2.35. The molecule has 0 radical (unpaired) electrons. The van der Waals surface area contributed by atoms with Crippen molar-refractivity contribution in [2.45, 2.75) is 58.0 Å². The number of likely N-dealkylation sites (tertiary alicyclic amines) is 1. The zero-order valence-corrected chi connectivity index (χ0v) is 13.3. The Morgan fingerprint density at radius 2 is 2.00 bits per heavy atom. The topological polar surface area (TPSA) is 44.4 Å². The normalized spacial score (nSPS) is 35.1. The molecule has 2 fully saturated rings. The number of nitrogens with zero attached hydrogens (tertiary/aromatic N) is 1. The highest BCUT2D eigenvalue weighted by Gasteiger charge is 2.30. The molecule has 1 saturated carbocycles. The van der Waals surface area contributed by atoms with Crippen LogP contribution < -0.4 is 10.6 Å². The number of carbonyl (C=O) groups is 1. The smallest absolute Gasteiger partial charge is 0.234 e. The van der Waals surface area contributed by atoms with E-state index in [-0.39, 0.29) is 5.91 Å². The van der Waals surface area contributed by atoms with Gasteiger partial charge in [0.05, 0.1) is 6.54 Å². The van der Waals surface area contributed by atoms with Crippen molar-refractivity contribution < 1.29 is 4.79 Å². The van der Waals surface area contributed by atoms with Gasteiger partial charge < -0.3 is 10.6 Å². The van der Waals surface area contributed by atoms with Crippen LogP contribution >= 0.6 is 0 Å². The van der Waals surface area contributed by atoms with Gasteiger partial charge >= 0.3 is 0 Å². The average Bonchev–Trinajstić information content (AvgIpc) is 2.83. The first-order chi connectivity index (χ1) is 9.61. The van der Waals surface area contributed by atoms with Gasteiger partial charge in [0, 0.05) is 18.6 Å². The third kappa shape index (κ3) is 3.95. The molecule has 4 nitrogen and oxygen atoms in total. The highest BCUT2D eigenvalue weighted by molar-refractivity contribution is 5.78. The quantitative estimate of drug-likeness (QED) is 0.805. The van der Waals surface area contributed by atoms with Crippen molar-refractivity contribution in [3.63, 3.8) is 0 Å². The molecule has 0 aromatic heterocycles. The maximum Gasteiger partial charge on any atom is 0.234 e. The predicted octanol–water partition coefficient (Wildman–Crippen LogP) is 1.61. The lowest BCUT2D eigenvalue weighted by molar-refractivity contribution is -0.123. The van der Waals surface area contributed by atoms with Crippen LogP contribution in [0.5, 0.6) is 0 Å². The van der Waals surface area contributed by atoms with E-state index in [1.54, 1.807) is 0 Å². The van der Waals surface area contributed by atoms with Crippen molar-refractivity contribution in [1.82, 2.24) is 15.5 Å². The van der Waals surface area contributed by atoms with Crippen LogP contribution in [0.1, 0.15) is 46.0 Å². The first-order valence-electron chi connectivity index (χ1n) is 8.29. The minimum Gasteiger partial charge on any atom is -0.352 e. The summed E-state index contributed by atoms with van der Waals surface area (Å²) < 4.78 is 0. The standard InChI is InChI=1S/C16H31N3O/c1-12-6-4-8-15(13(12)2)18-16(20)11-19-9-5-7-14(19)10-17-3/h12-15,17H,4-11H2,1-3H3,(H,18,20). The number of hydrogen-bond donors (Lipinski definition) is 2. The zero-order chi connectivity index (χ0) is 14.5. The van der Waals surface area contributed by atoms with Gasteiger partial charge in [0.15, 0.2) is 0 Å². The van der Waals surface area contributed by atoms with Crippen molar-refractivity contribution in [2.75, 3.05) is 26.7 Å². The van der Waals surface area contributed by atoms with Gasteiger partial charge in [-0.15, -0.1) is 0 Å². The van der Waals surface area contributed by atoms with Crippen LogP contribution in [-0.2, 0) is 4.79 Å². The molecular weight excluding hydrogens is 250 g/mol. The van der Waals surface area contributed by atoms with Crippen LogP contribution in [0.3, 0.4) is 0 Å². The van der Waals surface area contributed by atoms with Crippen molar-refractivity contribution in [3.05, 3.63) is 0 Å². The van der Waals surface area contributed by atoms with E-state index in [9.17, 15) is 4.79 Å². The molecule has 2 rings (SSSR count). The van der Waals surface area contributed by atoms with Gasteiger partial charge in [-0.3, -0.25) is 9.69 Å². The molecule has 4 atom stereocenters. The lowest BCUT2D eigenvalue weighted by atomic mass is 9.78. The van der Waals surface area contributed by atoms with Gasteiger partial charge in [-0.25, -0.2) is 0 Å². The highest BCUT2D eigenvalue weighted by atomic mass is 16.2. The fraction of sp³-hybridized carbons (Fsp3) is 0.938.